The van der Waals surface area contributed by atoms with Crippen molar-refractivity contribution >= 4 is 17.3 Å². The van der Waals surface area contributed by atoms with Gasteiger partial charge in [0, 0.05) is 6.07 Å². The number of nitro groups is 1. The van der Waals surface area contributed by atoms with Crippen LogP contribution in [0.4, 0.5) is 5.69 Å². The number of ketones is 2. The Labute approximate surface area is 109 Å². The van der Waals surface area contributed by atoms with E-state index in [0.29, 0.717) is 0 Å². The predicted molar refractivity (Wildman–Crippen MR) is 65.8 cm³/mol. The van der Waals surface area contributed by atoms with E-state index in [1.165, 1.54) is 27.0 Å². The third-order valence-electron chi connectivity index (χ3n) is 2.29. The number of hydrogen-bond donors (Lipinski definition) is 0. The number of benzene rings is 1. The zero-order valence-electron chi connectivity index (χ0n) is 10.8. The van der Waals surface area contributed by atoms with Crippen LogP contribution in [0.25, 0.3) is 0 Å². The molecule has 0 heterocycles. The van der Waals surface area contributed by atoms with Gasteiger partial charge in [0.2, 0.25) is 0 Å². The molecule has 0 N–H and O–H groups in total. The van der Waals surface area contributed by atoms with Gasteiger partial charge in [-0.3, -0.25) is 19.7 Å². The summed E-state index contributed by atoms with van der Waals surface area (Å²) in [4.78, 5) is 32.4. The van der Waals surface area contributed by atoms with Gasteiger partial charge in [-0.25, -0.2) is 0 Å². The molecule has 0 aliphatic heterocycles. The summed E-state index contributed by atoms with van der Waals surface area (Å²) in [5, 5.41) is 10.9. The smallest absolute Gasteiger partial charge is 0.284 e. The summed E-state index contributed by atoms with van der Waals surface area (Å²) in [7, 11) is 1.34. The molecule has 0 saturated heterocycles. The van der Waals surface area contributed by atoms with E-state index in [9.17, 15) is 19.7 Å². The minimum Gasteiger partial charge on any atom is -0.493 e. The number of nitrogens with zero attached hydrogens (tertiary/aromatic N) is 1. The van der Waals surface area contributed by atoms with Crippen molar-refractivity contribution < 1.29 is 24.0 Å². The number of carbonyl (C=O) groups excluding carboxylic acids is 2. The molecule has 102 valence electrons. The Balaban J connectivity index is 3.31. The van der Waals surface area contributed by atoms with Crippen LogP contribution < -0.4 is 9.47 Å². The SMILES string of the molecule is COc1cc(C(C)=O)c([N+](=O)[O-])cc1OCC(C)=O. The van der Waals surface area contributed by atoms with Crippen molar-refractivity contribution in [1.29, 1.82) is 0 Å². The summed E-state index contributed by atoms with van der Waals surface area (Å²) in [6, 6.07) is 2.31. The molecule has 7 heteroatoms. The summed E-state index contributed by atoms with van der Waals surface area (Å²) in [5.41, 5.74) is -0.455. The van der Waals surface area contributed by atoms with Crippen molar-refractivity contribution in [3.05, 3.63) is 27.8 Å². The van der Waals surface area contributed by atoms with Crippen LogP contribution in [-0.4, -0.2) is 30.2 Å². The molecule has 0 aliphatic carbocycles. The molecule has 0 spiro atoms. The van der Waals surface area contributed by atoms with Crippen LogP contribution in [0.15, 0.2) is 12.1 Å². The first-order valence-electron chi connectivity index (χ1n) is 5.36. The Morgan fingerprint density at radius 1 is 1.26 bits per heavy atom. The highest BCUT2D eigenvalue weighted by Crippen LogP contribution is 2.34. The Morgan fingerprint density at radius 2 is 1.89 bits per heavy atom. The van der Waals surface area contributed by atoms with Gasteiger partial charge in [0.1, 0.15) is 6.61 Å². The molecule has 0 fully saturated rings. The maximum Gasteiger partial charge on any atom is 0.284 e. The second-order valence-electron chi connectivity index (χ2n) is 3.82. The Hall–Kier alpha value is -2.44. The Morgan fingerprint density at radius 3 is 2.32 bits per heavy atom. The van der Waals surface area contributed by atoms with Gasteiger partial charge in [-0.15, -0.1) is 0 Å². The summed E-state index contributed by atoms with van der Waals surface area (Å²) < 4.78 is 10.1. The van der Waals surface area contributed by atoms with E-state index in [4.69, 9.17) is 9.47 Å². The van der Waals surface area contributed by atoms with Crippen LogP contribution in [0.2, 0.25) is 0 Å². The lowest BCUT2D eigenvalue weighted by Gasteiger charge is -2.10. The van der Waals surface area contributed by atoms with Crippen LogP contribution in [-0.2, 0) is 4.79 Å². The highest BCUT2D eigenvalue weighted by atomic mass is 16.6. The van der Waals surface area contributed by atoms with E-state index in [0.717, 1.165) is 6.07 Å². The van der Waals surface area contributed by atoms with Crippen LogP contribution in [0.1, 0.15) is 24.2 Å². The van der Waals surface area contributed by atoms with E-state index in [-0.39, 0.29) is 35.1 Å². The zero-order valence-corrected chi connectivity index (χ0v) is 10.8. The molecule has 19 heavy (non-hydrogen) atoms. The van der Waals surface area contributed by atoms with Gasteiger partial charge < -0.3 is 9.47 Å². The number of rotatable bonds is 6. The van der Waals surface area contributed by atoms with Crippen molar-refractivity contribution in [3.63, 3.8) is 0 Å². The lowest BCUT2D eigenvalue weighted by atomic mass is 10.1. The van der Waals surface area contributed by atoms with Crippen molar-refractivity contribution in [1.82, 2.24) is 0 Å². The van der Waals surface area contributed by atoms with Gasteiger partial charge in [-0.1, -0.05) is 0 Å². The second kappa shape index (κ2) is 5.94. The van der Waals surface area contributed by atoms with E-state index in [2.05, 4.69) is 0 Å². The third kappa shape index (κ3) is 3.51. The van der Waals surface area contributed by atoms with Crippen molar-refractivity contribution in [2.24, 2.45) is 0 Å². The van der Waals surface area contributed by atoms with E-state index in [1.807, 2.05) is 0 Å². The van der Waals surface area contributed by atoms with Crippen LogP contribution >= 0.6 is 0 Å². The Kier molecular flexibility index (Phi) is 4.57. The second-order valence-corrected chi connectivity index (χ2v) is 3.82. The fourth-order valence-electron chi connectivity index (χ4n) is 1.43. The third-order valence-corrected chi connectivity index (χ3v) is 2.29. The maximum absolute atomic E-state index is 11.4. The number of methoxy groups -OCH3 is 1. The molecule has 0 amide bonds. The van der Waals surface area contributed by atoms with E-state index < -0.39 is 10.7 Å². The minimum absolute atomic E-state index is 0.0504. The monoisotopic (exact) mass is 267 g/mol. The number of Topliss-reactive ketones (excluding diaryl/α,β-unsaturated/α-hetero) is 2. The molecule has 7 nitrogen and oxygen atoms in total. The van der Waals surface area contributed by atoms with Gasteiger partial charge in [0.05, 0.1) is 23.7 Å². The summed E-state index contributed by atoms with van der Waals surface area (Å²) in [6.45, 7) is 2.32. The van der Waals surface area contributed by atoms with Crippen molar-refractivity contribution in [2.75, 3.05) is 13.7 Å². The molecule has 0 bridgehead atoms. The van der Waals surface area contributed by atoms with Gasteiger partial charge in [0.25, 0.3) is 5.69 Å². The fourth-order valence-corrected chi connectivity index (χ4v) is 1.43. The number of nitro benzene ring substituents is 1. The predicted octanol–water partition coefficient (Wildman–Crippen LogP) is 1.77. The topological polar surface area (TPSA) is 95.7 Å². The molecule has 1 aromatic carbocycles. The lowest BCUT2D eigenvalue weighted by Crippen LogP contribution is -2.09. The number of carbonyl (C=O) groups is 2. The zero-order chi connectivity index (χ0) is 14.6. The summed E-state index contributed by atoms with van der Waals surface area (Å²) >= 11 is 0. The van der Waals surface area contributed by atoms with E-state index >= 15 is 0 Å². The first kappa shape index (κ1) is 14.6. The highest BCUT2D eigenvalue weighted by Gasteiger charge is 2.22. The molecule has 1 aromatic rings. The maximum atomic E-state index is 11.4. The van der Waals surface area contributed by atoms with Gasteiger partial charge in [0.15, 0.2) is 23.1 Å². The molecule has 0 aromatic heterocycles. The minimum atomic E-state index is -0.684. The average Bonchev–Trinajstić information content (AvgIpc) is 2.34. The van der Waals surface area contributed by atoms with E-state index in [1.54, 1.807) is 0 Å². The molecular weight excluding hydrogens is 254 g/mol. The summed E-state index contributed by atoms with van der Waals surface area (Å²) in [6.07, 6.45) is 0. The highest BCUT2D eigenvalue weighted by molar-refractivity contribution is 5.99. The van der Waals surface area contributed by atoms with Gasteiger partial charge in [-0.2, -0.15) is 0 Å². The molecule has 0 aliphatic rings. The molecule has 0 saturated carbocycles. The van der Waals surface area contributed by atoms with Crippen molar-refractivity contribution in [3.8, 4) is 11.5 Å². The normalized spacial score (nSPS) is 9.84. The first-order chi connectivity index (χ1) is 8.86. The van der Waals surface area contributed by atoms with Gasteiger partial charge in [-0.05, 0) is 13.8 Å². The number of hydrogen-bond acceptors (Lipinski definition) is 6. The van der Waals surface area contributed by atoms with Crippen LogP contribution in [0.3, 0.4) is 0 Å². The molecular formula is C12H13NO6. The van der Waals surface area contributed by atoms with Gasteiger partial charge >= 0.3 is 0 Å². The number of ether oxygens (including phenoxy) is 2. The molecule has 0 unspecified atom stereocenters. The Bertz CT molecular complexity index is 537. The first-order valence-corrected chi connectivity index (χ1v) is 5.36. The fraction of sp³-hybridized carbons (Fsp3) is 0.333. The largest absolute Gasteiger partial charge is 0.493 e. The standard InChI is InChI=1S/C12H13NO6/c1-7(14)6-19-12-5-10(13(16)17)9(8(2)15)4-11(12)18-3/h4-5H,6H2,1-3H3. The molecule has 0 atom stereocenters. The van der Waals surface area contributed by atoms with Crippen LogP contribution in [0, 0.1) is 10.1 Å². The molecule has 1 rings (SSSR count). The summed E-state index contributed by atoms with van der Waals surface area (Å²) in [5.74, 6) is -0.477. The average molecular weight is 267 g/mol. The lowest BCUT2D eigenvalue weighted by molar-refractivity contribution is -0.385. The van der Waals surface area contributed by atoms with Crippen LogP contribution in [0.5, 0.6) is 11.5 Å². The molecule has 0 radical (unpaired) electrons. The van der Waals surface area contributed by atoms with Crippen molar-refractivity contribution in [2.45, 2.75) is 13.8 Å². The quantitative estimate of drug-likeness (QED) is 0.442.